The minimum absolute atomic E-state index is 0.0698. The molecule has 0 N–H and O–H groups in total. The van der Waals surface area contributed by atoms with Crippen LogP contribution in [0, 0.1) is 5.92 Å². The third kappa shape index (κ3) is 2.13. The molecule has 1 aromatic heterocycles. The Balaban J connectivity index is 2.31. The first-order chi connectivity index (χ1) is 7.61. The van der Waals surface area contributed by atoms with Gasteiger partial charge in [-0.2, -0.15) is 0 Å². The second-order valence-corrected chi connectivity index (χ2v) is 4.95. The SMILES string of the molecule is C=CC1CC(=O)N(c2ncc(Cl)cc2Br)C1. The largest absolute Gasteiger partial charge is 0.295 e. The first-order valence-electron chi connectivity index (χ1n) is 4.85. The van der Waals surface area contributed by atoms with Crippen molar-refractivity contribution in [3.8, 4) is 0 Å². The van der Waals surface area contributed by atoms with Gasteiger partial charge in [-0.05, 0) is 22.0 Å². The van der Waals surface area contributed by atoms with E-state index in [0.717, 1.165) is 4.47 Å². The Morgan fingerprint density at radius 3 is 3.00 bits per heavy atom. The van der Waals surface area contributed by atoms with E-state index in [1.165, 1.54) is 6.20 Å². The number of rotatable bonds is 2. The fourth-order valence-corrected chi connectivity index (χ4v) is 2.56. The molecule has 1 aromatic rings. The lowest BCUT2D eigenvalue weighted by Gasteiger charge is -2.16. The molecule has 0 aromatic carbocycles. The minimum Gasteiger partial charge on any atom is -0.295 e. The predicted molar refractivity (Wildman–Crippen MR) is 67.6 cm³/mol. The van der Waals surface area contributed by atoms with Gasteiger partial charge in [0, 0.05) is 25.1 Å². The van der Waals surface area contributed by atoms with E-state index in [1.54, 1.807) is 11.0 Å². The molecular formula is C11H10BrClN2O. The Morgan fingerprint density at radius 1 is 1.69 bits per heavy atom. The summed E-state index contributed by atoms with van der Waals surface area (Å²) in [6.45, 7) is 4.34. The van der Waals surface area contributed by atoms with E-state index in [4.69, 9.17) is 11.6 Å². The Labute approximate surface area is 107 Å². The molecule has 1 aliphatic rings. The van der Waals surface area contributed by atoms with E-state index < -0.39 is 0 Å². The van der Waals surface area contributed by atoms with Gasteiger partial charge in [0.2, 0.25) is 5.91 Å². The van der Waals surface area contributed by atoms with Gasteiger partial charge in [-0.25, -0.2) is 4.98 Å². The average molecular weight is 302 g/mol. The number of aromatic nitrogens is 1. The smallest absolute Gasteiger partial charge is 0.228 e. The highest BCUT2D eigenvalue weighted by atomic mass is 79.9. The summed E-state index contributed by atoms with van der Waals surface area (Å²) in [6.07, 6.45) is 3.85. The van der Waals surface area contributed by atoms with Gasteiger partial charge >= 0.3 is 0 Å². The first kappa shape index (κ1) is 11.6. The lowest BCUT2D eigenvalue weighted by Crippen LogP contribution is -2.25. The number of nitrogens with zero attached hydrogens (tertiary/aromatic N) is 2. The lowest BCUT2D eigenvalue weighted by molar-refractivity contribution is -0.117. The normalized spacial score (nSPS) is 20.2. The molecular weight excluding hydrogens is 291 g/mol. The number of carbonyl (C=O) groups is 1. The number of anilines is 1. The van der Waals surface area contributed by atoms with Crippen LogP contribution in [-0.2, 0) is 4.79 Å². The van der Waals surface area contributed by atoms with E-state index in [-0.39, 0.29) is 11.8 Å². The van der Waals surface area contributed by atoms with Gasteiger partial charge in [-0.15, -0.1) is 6.58 Å². The van der Waals surface area contributed by atoms with Crippen molar-refractivity contribution in [1.82, 2.24) is 4.98 Å². The summed E-state index contributed by atoms with van der Waals surface area (Å²) < 4.78 is 0.734. The standard InChI is InChI=1S/C11H10BrClN2O/c1-2-7-3-10(16)15(6-7)11-9(12)4-8(13)5-14-11/h2,4-5,7H,1,3,6H2. The van der Waals surface area contributed by atoms with Crippen LogP contribution < -0.4 is 4.90 Å². The summed E-state index contributed by atoms with van der Waals surface area (Å²) in [4.78, 5) is 17.6. The summed E-state index contributed by atoms with van der Waals surface area (Å²) in [5.74, 6) is 0.899. The van der Waals surface area contributed by atoms with Gasteiger partial charge in [0.1, 0.15) is 5.82 Å². The number of pyridine rings is 1. The zero-order chi connectivity index (χ0) is 11.7. The molecule has 1 unspecified atom stereocenters. The number of amides is 1. The van der Waals surface area contributed by atoms with Crippen molar-refractivity contribution < 1.29 is 4.79 Å². The molecule has 1 aliphatic heterocycles. The molecule has 2 rings (SSSR count). The van der Waals surface area contributed by atoms with Gasteiger partial charge in [-0.3, -0.25) is 9.69 Å². The number of hydrogen-bond donors (Lipinski definition) is 0. The summed E-state index contributed by atoms with van der Waals surface area (Å²) in [5.41, 5.74) is 0. The van der Waals surface area contributed by atoms with E-state index in [2.05, 4.69) is 27.5 Å². The van der Waals surface area contributed by atoms with Crippen LogP contribution in [0.1, 0.15) is 6.42 Å². The van der Waals surface area contributed by atoms with Gasteiger partial charge < -0.3 is 0 Å². The zero-order valence-electron chi connectivity index (χ0n) is 8.49. The number of halogens is 2. The van der Waals surface area contributed by atoms with Crippen molar-refractivity contribution in [2.24, 2.45) is 5.92 Å². The molecule has 0 bridgehead atoms. The van der Waals surface area contributed by atoms with Crippen LogP contribution in [0.5, 0.6) is 0 Å². The number of hydrogen-bond acceptors (Lipinski definition) is 2. The minimum atomic E-state index is 0.0698. The van der Waals surface area contributed by atoms with E-state index >= 15 is 0 Å². The van der Waals surface area contributed by atoms with Gasteiger partial charge in [0.15, 0.2) is 0 Å². The second-order valence-electron chi connectivity index (χ2n) is 3.66. The maximum absolute atomic E-state index is 11.8. The van der Waals surface area contributed by atoms with E-state index in [9.17, 15) is 4.79 Å². The van der Waals surface area contributed by atoms with Crippen molar-refractivity contribution in [1.29, 1.82) is 0 Å². The van der Waals surface area contributed by atoms with Crippen LogP contribution in [0.2, 0.25) is 5.02 Å². The molecule has 84 valence electrons. The molecule has 1 saturated heterocycles. The lowest BCUT2D eigenvalue weighted by atomic mass is 10.1. The maximum Gasteiger partial charge on any atom is 0.228 e. The monoisotopic (exact) mass is 300 g/mol. The van der Waals surface area contributed by atoms with Gasteiger partial charge in [-0.1, -0.05) is 17.7 Å². The summed E-state index contributed by atoms with van der Waals surface area (Å²) in [5, 5.41) is 0.544. The third-order valence-electron chi connectivity index (χ3n) is 2.53. The molecule has 5 heteroatoms. The van der Waals surface area contributed by atoms with Crippen molar-refractivity contribution in [2.75, 3.05) is 11.4 Å². The van der Waals surface area contributed by atoms with Crippen LogP contribution in [0.3, 0.4) is 0 Å². The fourth-order valence-electron chi connectivity index (χ4n) is 1.70. The highest BCUT2D eigenvalue weighted by Crippen LogP contribution is 2.31. The third-order valence-corrected chi connectivity index (χ3v) is 3.32. The van der Waals surface area contributed by atoms with E-state index in [0.29, 0.717) is 23.8 Å². The second kappa shape index (κ2) is 4.55. The maximum atomic E-state index is 11.8. The Morgan fingerprint density at radius 2 is 2.44 bits per heavy atom. The molecule has 1 amide bonds. The first-order valence-corrected chi connectivity index (χ1v) is 6.03. The Bertz CT molecular complexity index is 450. The van der Waals surface area contributed by atoms with Crippen molar-refractivity contribution in [3.63, 3.8) is 0 Å². The van der Waals surface area contributed by atoms with E-state index in [1.807, 2.05) is 6.08 Å². The summed E-state index contributed by atoms with van der Waals surface area (Å²) in [7, 11) is 0. The van der Waals surface area contributed by atoms with Crippen molar-refractivity contribution in [3.05, 3.63) is 34.4 Å². The highest BCUT2D eigenvalue weighted by molar-refractivity contribution is 9.10. The summed E-state index contributed by atoms with van der Waals surface area (Å²) in [6, 6.07) is 1.73. The van der Waals surface area contributed by atoms with Gasteiger partial charge in [0.25, 0.3) is 0 Å². The predicted octanol–water partition coefficient (Wildman–Crippen LogP) is 3.04. The molecule has 0 saturated carbocycles. The molecule has 3 nitrogen and oxygen atoms in total. The Kier molecular flexibility index (Phi) is 3.30. The Hall–Kier alpha value is -0.870. The van der Waals surface area contributed by atoms with Crippen LogP contribution >= 0.6 is 27.5 Å². The average Bonchev–Trinajstić information content (AvgIpc) is 2.60. The topological polar surface area (TPSA) is 33.2 Å². The van der Waals surface area contributed by atoms with Crippen molar-refractivity contribution in [2.45, 2.75) is 6.42 Å². The molecule has 0 aliphatic carbocycles. The zero-order valence-corrected chi connectivity index (χ0v) is 10.8. The van der Waals surface area contributed by atoms with Crippen LogP contribution in [0.15, 0.2) is 29.4 Å². The summed E-state index contributed by atoms with van der Waals surface area (Å²) >= 11 is 9.16. The van der Waals surface area contributed by atoms with Gasteiger partial charge in [0.05, 0.1) is 9.50 Å². The molecule has 2 heterocycles. The van der Waals surface area contributed by atoms with Crippen LogP contribution in [0.4, 0.5) is 5.82 Å². The molecule has 1 fully saturated rings. The fraction of sp³-hybridized carbons (Fsp3) is 0.273. The van der Waals surface area contributed by atoms with Crippen LogP contribution in [0.25, 0.3) is 0 Å². The highest BCUT2D eigenvalue weighted by Gasteiger charge is 2.30. The quantitative estimate of drug-likeness (QED) is 0.787. The molecule has 16 heavy (non-hydrogen) atoms. The molecule has 0 radical (unpaired) electrons. The molecule has 1 atom stereocenters. The van der Waals surface area contributed by atoms with Crippen molar-refractivity contribution >= 4 is 39.3 Å². The van der Waals surface area contributed by atoms with Crippen LogP contribution in [-0.4, -0.2) is 17.4 Å². The number of carbonyl (C=O) groups excluding carboxylic acids is 1. The molecule has 0 spiro atoms.